The molecule has 0 aliphatic heterocycles. The summed E-state index contributed by atoms with van der Waals surface area (Å²) < 4.78 is 7.85. The van der Waals surface area contributed by atoms with E-state index in [0.717, 1.165) is 27.5 Å². The fourth-order valence-corrected chi connectivity index (χ4v) is 2.82. The Hall–Kier alpha value is -0.840. The molecule has 0 radical (unpaired) electrons. The zero-order chi connectivity index (χ0) is 15.1. The number of hydrogen-bond acceptors (Lipinski definition) is 2. The molecule has 0 fully saturated rings. The van der Waals surface area contributed by atoms with Gasteiger partial charge in [-0.25, -0.2) is 0 Å². The molecule has 0 heterocycles. The highest BCUT2D eigenvalue weighted by Crippen LogP contribution is 2.21. The molecular weight excluding hydrogens is 396 g/mol. The van der Waals surface area contributed by atoms with Crippen LogP contribution in [0.5, 0.6) is 5.75 Å². The number of ether oxygens (including phenoxy) is 1. The van der Waals surface area contributed by atoms with Crippen LogP contribution in [0.15, 0.2) is 57.5 Å². The molecule has 1 unspecified atom stereocenters. The van der Waals surface area contributed by atoms with Crippen LogP contribution in [0.3, 0.4) is 0 Å². The van der Waals surface area contributed by atoms with Crippen molar-refractivity contribution in [2.45, 2.75) is 12.8 Å². The molecule has 112 valence electrons. The number of hydrogen-bond donors (Lipinski definition) is 1. The molecule has 2 aromatic rings. The molecule has 0 saturated heterocycles. The largest absolute Gasteiger partial charge is 0.494 e. The van der Waals surface area contributed by atoms with Gasteiger partial charge in [0.25, 0.3) is 0 Å². The highest BCUT2D eigenvalue weighted by atomic mass is 79.9. The molecule has 0 saturated carbocycles. The van der Waals surface area contributed by atoms with Crippen LogP contribution in [0, 0.1) is 5.92 Å². The van der Waals surface area contributed by atoms with Gasteiger partial charge in [0, 0.05) is 15.6 Å². The van der Waals surface area contributed by atoms with E-state index in [-0.39, 0.29) is 12.5 Å². The molecule has 1 N–H and O–H groups in total. The zero-order valence-corrected chi connectivity index (χ0v) is 14.8. The van der Waals surface area contributed by atoms with Gasteiger partial charge < -0.3 is 9.84 Å². The normalized spacial score (nSPS) is 12.1. The quantitative estimate of drug-likeness (QED) is 0.704. The fourth-order valence-electron chi connectivity index (χ4n) is 2.11. The summed E-state index contributed by atoms with van der Waals surface area (Å²) in [6.07, 6.45) is 1.68. The number of aliphatic hydroxyl groups excluding tert-OH is 1. The minimum atomic E-state index is 0.172. The van der Waals surface area contributed by atoms with E-state index in [1.54, 1.807) is 0 Å². The van der Waals surface area contributed by atoms with Gasteiger partial charge in [0.05, 0.1) is 6.61 Å². The van der Waals surface area contributed by atoms with Gasteiger partial charge in [-0.3, -0.25) is 0 Å². The molecule has 0 aliphatic carbocycles. The van der Waals surface area contributed by atoms with Gasteiger partial charge in [0.1, 0.15) is 5.75 Å². The Morgan fingerprint density at radius 2 is 1.71 bits per heavy atom. The van der Waals surface area contributed by atoms with Crippen molar-refractivity contribution in [2.24, 2.45) is 5.92 Å². The van der Waals surface area contributed by atoms with Crippen molar-refractivity contribution in [2.75, 3.05) is 13.2 Å². The summed E-state index contributed by atoms with van der Waals surface area (Å²) in [6, 6.07) is 15.9. The molecule has 0 aromatic heterocycles. The predicted molar refractivity (Wildman–Crippen MR) is 92.7 cm³/mol. The maximum Gasteiger partial charge on any atom is 0.119 e. The maximum absolute atomic E-state index is 9.53. The van der Waals surface area contributed by atoms with E-state index in [0.29, 0.717) is 6.61 Å². The molecule has 21 heavy (non-hydrogen) atoms. The number of rotatable bonds is 7. The van der Waals surface area contributed by atoms with Gasteiger partial charge in [-0.05, 0) is 54.7 Å². The summed E-state index contributed by atoms with van der Waals surface area (Å²) in [7, 11) is 0. The molecule has 0 spiro atoms. The molecule has 2 rings (SSSR count). The predicted octanol–water partition coefficient (Wildman–Crippen LogP) is 4.83. The fraction of sp³-hybridized carbons (Fsp3) is 0.294. The van der Waals surface area contributed by atoms with Gasteiger partial charge in [-0.15, -0.1) is 0 Å². The van der Waals surface area contributed by atoms with Crippen molar-refractivity contribution in [3.63, 3.8) is 0 Å². The van der Waals surface area contributed by atoms with Crippen molar-refractivity contribution in [3.05, 3.63) is 63.0 Å². The molecule has 0 aliphatic rings. The summed E-state index contributed by atoms with van der Waals surface area (Å²) >= 11 is 6.95. The topological polar surface area (TPSA) is 29.5 Å². The third kappa shape index (κ3) is 5.46. The van der Waals surface area contributed by atoms with Crippen molar-refractivity contribution < 1.29 is 9.84 Å². The van der Waals surface area contributed by atoms with Crippen LogP contribution in [0.25, 0.3) is 0 Å². The molecule has 2 nitrogen and oxygen atoms in total. The van der Waals surface area contributed by atoms with E-state index in [1.165, 1.54) is 5.56 Å². The van der Waals surface area contributed by atoms with Crippen LogP contribution in [-0.2, 0) is 6.42 Å². The number of benzene rings is 2. The van der Waals surface area contributed by atoms with Gasteiger partial charge in [0.15, 0.2) is 0 Å². The number of halogens is 2. The average Bonchev–Trinajstić information content (AvgIpc) is 2.50. The summed E-state index contributed by atoms with van der Waals surface area (Å²) in [5.41, 5.74) is 1.22. The molecule has 4 heteroatoms. The monoisotopic (exact) mass is 412 g/mol. The first-order valence-electron chi connectivity index (χ1n) is 6.91. The van der Waals surface area contributed by atoms with E-state index in [1.807, 2.05) is 42.5 Å². The third-order valence-electron chi connectivity index (χ3n) is 3.33. The Morgan fingerprint density at radius 1 is 1.00 bits per heavy atom. The summed E-state index contributed by atoms with van der Waals surface area (Å²) in [5, 5.41) is 9.53. The van der Waals surface area contributed by atoms with Crippen molar-refractivity contribution in [3.8, 4) is 5.75 Å². The first-order chi connectivity index (χ1) is 10.2. The van der Waals surface area contributed by atoms with E-state index < -0.39 is 0 Å². The molecular formula is C17H18Br2O2. The lowest BCUT2D eigenvalue weighted by molar-refractivity contribution is 0.190. The Morgan fingerprint density at radius 3 is 2.38 bits per heavy atom. The first kappa shape index (κ1) is 16.5. The molecule has 0 amide bonds. The Labute approximate surface area is 142 Å². The second-order valence-electron chi connectivity index (χ2n) is 4.94. The lowest BCUT2D eigenvalue weighted by atomic mass is 9.97. The van der Waals surface area contributed by atoms with Gasteiger partial charge in [-0.2, -0.15) is 0 Å². The number of aliphatic hydroxyl groups is 1. The van der Waals surface area contributed by atoms with Crippen LogP contribution < -0.4 is 4.74 Å². The minimum Gasteiger partial charge on any atom is -0.494 e. The van der Waals surface area contributed by atoms with E-state index in [2.05, 4.69) is 37.9 Å². The van der Waals surface area contributed by atoms with E-state index in [9.17, 15) is 5.11 Å². The van der Waals surface area contributed by atoms with Crippen LogP contribution in [-0.4, -0.2) is 18.3 Å². The Bertz CT molecular complexity index is 555. The van der Waals surface area contributed by atoms with E-state index >= 15 is 0 Å². The van der Waals surface area contributed by atoms with Crippen LogP contribution in [0.2, 0.25) is 0 Å². The summed E-state index contributed by atoms with van der Waals surface area (Å²) in [4.78, 5) is 0. The molecule has 2 aromatic carbocycles. The molecule has 0 bridgehead atoms. The van der Waals surface area contributed by atoms with Crippen molar-refractivity contribution in [1.82, 2.24) is 0 Å². The maximum atomic E-state index is 9.53. The smallest absolute Gasteiger partial charge is 0.119 e. The van der Waals surface area contributed by atoms with Gasteiger partial charge in [-0.1, -0.05) is 50.1 Å². The SMILES string of the molecule is OCC(CCOc1ccc(Br)cc1)Cc1ccccc1Br. The van der Waals surface area contributed by atoms with E-state index in [4.69, 9.17) is 4.74 Å². The lowest BCUT2D eigenvalue weighted by Gasteiger charge is -2.15. The zero-order valence-electron chi connectivity index (χ0n) is 11.6. The van der Waals surface area contributed by atoms with Gasteiger partial charge >= 0.3 is 0 Å². The van der Waals surface area contributed by atoms with Crippen LogP contribution in [0.1, 0.15) is 12.0 Å². The lowest BCUT2D eigenvalue weighted by Crippen LogP contribution is -2.14. The summed E-state index contributed by atoms with van der Waals surface area (Å²) in [6.45, 7) is 0.780. The van der Waals surface area contributed by atoms with Crippen molar-refractivity contribution >= 4 is 31.9 Å². The van der Waals surface area contributed by atoms with Gasteiger partial charge in [0.2, 0.25) is 0 Å². The second kappa shape index (κ2) is 8.57. The minimum absolute atomic E-state index is 0.172. The first-order valence-corrected chi connectivity index (χ1v) is 8.50. The Kier molecular flexibility index (Phi) is 6.74. The van der Waals surface area contributed by atoms with Crippen LogP contribution in [0.4, 0.5) is 0 Å². The average molecular weight is 414 g/mol. The molecule has 1 atom stereocenters. The standard InChI is InChI=1S/C17H18Br2O2/c18-15-5-7-16(8-6-15)21-10-9-13(12-20)11-14-3-1-2-4-17(14)19/h1-8,13,20H,9-12H2. The summed E-state index contributed by atoms with van der Waals surface area (Å²) in [5.74, 6) is 1.06. The van der Waals surface area contributed by atoms with Crippen molar-refractivity contribution in [1.29, 1.82) is 0 Å². The third-order valence-corrected chi connectivity index (χ3v) is 4.64. The second-order valence-corrected chi connectivity index (χ2v) is 6.71. The van der Waals surface area contributed by atoms with Crippen LogP contribution >= 0.6 is 31.9 Å². The highest BCUT2D eigenvalue weighted by molar-refractivity contribution is 9.10. The highest BCUT2D eigenvalue weighted by Gasteiger charge is 2.11. The Balaban J connectivity index is 1.82.